The molecular formula is C28H38F3N7O. The number of β-lactam (4-membered cyclic amide) rings is 1. The van der Waals surface area contributed by atoms with E-state index in [0.717, 1.165) is 43.5 Å². The number of piperazine rings is 1. The van der Waals surface area contributed by atoms with Crippen LogP contribution in [0.25, 0.3) is 0 Å². The van der Waals surface area contributed by atoms with Crippen LogP contribution >= 0.6 is 0 Å². The summed E-state index contributed by atoms with van der Waals surface area (Å²) in [4.78, 5) is 27.0. The van der Waals surface area contributed by atoms with E-state index in [9.17, 15) is 18.0 Å². The maximum Gasteiger partial charge on any atom is 0.421 e. The molecule has 3 saturated heterocycles. The van der Waals surface area contributed by atoms with Gasteiger partial charge in [-0.3, -0.25) is 9.69 Å². The summed E-state index contributed by atoms with van der Waals surface area (Å²) in [6, 6.07) is 6.81. The number of aromatic nitrogens is 2. The molecule has 1 amide bonds. The van der Waals surface area contributed by atoms with Crippen molar-refractivity contribution in [2.24, 2.45) is 5.41 Å². The lowest BCUT2D eigenvalue weighted by molar-refractivity contribution is -0.156. The highest BCUT2D eigenvalue weighted by Crippen LogP contribution is 2.35. The molecule has 2 aromatic rings. The van der Waals surface area contributed by atoms with E-state index in [1.54, 1.807) is 4.90 Å². The Hall–Kier alpha value is -3.08. The average Bonchev–Trinajstić information content (AvgIpc) is 3.38. The molecule has 5 rings (SSSR count). The van der Waals surface area contributed by atoms with Gasteiger partial charge < -0.3 is 20.4 Å². The number of hydrogen-bond acceptors (Lipinski definition) is 7. The van der Waals surface area contributed by atoms with Gasteiger partial charge in [-0.15, -0.1) is 0 Å². The smallest absolute Gasteiger partial charge is 0.369 e. The summed E-state index contributed by atoms with van der Waals surface area (Å²) in [6.07, 6.45) is 0.0207. The van der Waals surface area contributed by atoms with E-state index in [0.29, 0.717) is 25.6 Å². The average molecular weight is 546 g/mol. The Kier molecular flexibility index (Phi) is 7.63. The van der Waals surface area contributed by atoms with Crippen LogP contribution in [0.3, 0.4) is 0 Å². The van der Waals surface area contributed by atoms with E-state index in [2.05, 4.69) is 49.5 Å². The topological polar surface area (TPSA) is 76.6 Å². The fraction of sp³-hybridized carbons (Fsp3) is 0.607. The normalized spacial score (nSPS) is 21.1. The molecule has 3 fully saturated rings. The van der Waals surface area contributed by atoms with Crippen LogP contribution in [0.2, 0.25) is 0 Å². The van der Waals surface area contributed by atoms with Gasteiger partial charge in [-0.2, -0.15) is 18.2 Å². The van der Waals surface area contributed by atoms with Gasteiger partial charge in [0.15, 0.2) is 0 Å². The first-order valence-corrected chi connectivity index (χ1v) is 13.9. The number of benzene rings is 1. The van der Waals surface area contributed by atoms with Crippen LogP contribution in [0.5, 0.6) is 0 Å². The minimum atomic E-state index is -4.59. The van der Waals surface area contributed by atoms with Crippen molar-refractivity contribution in [1.29, 1.82) is 0 Å². The number of anilines is 4. The number of carbonyl (C=O) groups excluding carboxylic acids is 1. The van der Waals surface area contributed by atoms with Crippen molar-refractivity contribution in [2.45, 2.75) is 58.7 Å². The summed E-state index contributed by atoms with van der Waals surface area (Å²) in [6.45, 7) is 11.5. The lowest BCUT2D eigenvalue weighted by Crippen LogP contribution is -2.58. The molecule has 11 heteroatoms. The maximum absolute atomic E-state index is 13.7. The van der Waals surface area contributed by atoms with Gasteiger partial charge in [-0.25, -0.2) is 4.98 Å². The minimum absolute atomic E-state index is 0.0746. The van der Waals surface area contributed by atoms with Crippen molar-refractivity contribution >= 4 is 29.0 Å². The third-order valence-electron chi connectivity index (χ3n) is 8.11. The zero-order chi connectivity index (χ0) is 27.8. The molecule has 2 N–H and O–H groups in total. The van der Waals surface area contributed by atoms with E-state index in [1.807, 2.05) is 19.9 Å². The molecule has 1 aromatic heterocycles. The third kappa shape index (κ3) is 5.92. The number of fused-ring (bicyclic) bond motifs is 1. The minimum Gasteiger partial charge on any atom is -0.369 e. The quantitative estimate of drug-likeness (QED) is 0.348. The Labute approximate surface area is 228 Å². The van der Waals surface area contributed by atoms with Crippen LogP contribution in [0.15, 0.2) is 24.4 Å². The first kappa shape index (κ1) is 27.5. The van der Waals surface area contributed by atoms with Gasteiger partial charge in [0.2, 0.25) is 11.9 Å². The number of hydrogen-bond donors (Lipinski definition) is 2. The highest BCUT2D eigenvalue weighted by atomic mass is 19.4. The number of amides is 1. The predicted molar refractivity (Wildman–Crippen MR) is 146 cm³/mol. The van der Waals surface area contributed by atoms with Gasteiger partial charge >= 0.3 is 6.18 Å². The molecular weight excluding hydrogens is 507 g/mol. The van der Waals surface area contributed by atoms with Crippen molar-refractivity contribution in [3.8, 4) is 0 Å². The van der Waals surface area contributed by atoms with Crippen LogP contribution in [-0.4, -0.2) is 77.5 Å². The molecule has 1 atom stereocenters. The Morgan fingerprint density at radius 2 is 2.00 bits per heavy atom. The van der Waals surface area contributed by atoms with Crippen molar-refractivity contribution in [3.05, 3.63) is 35.5 Å². The molecule has 0 spiro atoms. The molecule has 39 heavy (non-hydrogen) atoms. The molecule has 0 bridgehead atoms. The first-order valence-electron chi connectivity index (χ1n) is 13.9. The second kappa shape index (κ2) is 10.8. The number of halogens is 3. The highest BCUT2D eigenvalue weighted by Gasteiger charge is 2.43. The summed E-state index contributed by atoms with van der Waals surface area (Å²) >= 11 is 0. The number of nitrogens with zero attached hydrogens (tertiary/aromatic N) is 5. The lowest BCUT2D eigenvalue weighted by Gasteiger charge is -2.44. The fourth-order valence-electron chi connectivity index (χ4n) is 5.93. The van der Waals surface area contributed by atoms with E-state index >= 15 is 0 Å². The Bertz CT molecular complexity index is 1200. The SMILES string of the molecule is CCc1cc(N2CCN3CCCC3C2)ccc1Nc1ncc(C(F)(F)F)c(NCCCN2CC(C)(C)C2=O)n1. The van der Waals surface area contributed by atoms with E-state index in [-0.39, 0.29) is 29.6 Å². The number of carbonyl (C=O) groups is 1. The second-order valence-electron chi connectivity index (χ2n) is 11.4. The molecule has 1 unspecified atom stereocenters. The van der Waals surface area contributed by atoms with Crippen LogP contribution in [0.4, 0.5) is 36.3 Å². The lowest BCUT2D eigenvalue weighted by atomic mass is 9.83. The van der Waals surface area contributed by atoms with Crippen LogP contribution < -0.4 is 15.5 Å². The molecule has 0 radical (unpaired) electrons. The fourth-order valence-corrected chi connectivity index (χ4v) is 5.93. The third-order valence-corrected chi connectivity index (χ3v) is 8.11. The Balaban J connectivity index is 1.26. The van der Waals surface area contributed by atoms with Gasteiger partial charge in [-0.1, -0.05) is 6.92 Å². The Morgan fingerprint density at radius 1 is 1.18 bits per heavy atom. The summed E-state index contributed by atoms with van der Waals surface area (Å²) in [7, 11) is 0. The van der Waals surface area contributed by atoms with Gasteiger partial charge in [0.05, 0.1) is 5.41 Å². The molecule has 212 valence electrons. The van der Waals surface area contributed by atoms with Crippen LogP contribution in [0, 0.1) is 5.41 Å². The highest BCUT2D eigenvalue weighted by molar-refractivity contribution is 5.87. The molecule has 0 aliphatic carbocycles. The summed E-state index contributed by atoms with van der Waals surface area (Å²) < 4.78 is 41.0. The Morgan fingerprint density at radius 3 is 2.72 bits per heavy atom. The predicted octanol–water partition coefficient (Wildman–Crippen LogP) is 4.76. The second-order valence-corrected chi connectivity index (χ2v) is 11.4. The number of likely N-dealkylation sites (tertiary alicyclic amines) is 1. The molecule has 3 aliphatic rings. The molecule has 3 aliphatic heterocycles. The molecule has 0 saturated carbocycles. The van der Waals surface area contributed by atoms with Crippen LogP contribution in [0.1, 0.15) is 51.2 Å². The van der Waals surface area contributed by atoms with Crippen molar-refractivity contribution < 1.29 is 18.0 Å². The number of rotatable bonds is 9. The largest absolute Gasteiger partial charge is 0.421 e. The zero-order valence-corrected chi connectivity index (χ0v) is 22.9. The summed E-state index contributed by atoms with van der Waals surface area (Å²) in [5.74, 6) is -0.0860. The molecule has 4 heterocycles. The van der Waals surface area contributed by atoms with Gasteiger partial charge in [-0.05, 0) is 69.8 Å². The first-order chi connectivity index (χ1) is 18.5. The van der Waals surface area contributed by atoms with Crippen molar-refractivity contribution in [2.75, 3.05) is 61.3 Å². The number of aryl methyl sites for hydroxylation is 1. The summed E-state index contributed by atoms with van der Waals surface area (Å²) in [5, 5.41) is 5.97. The molecule has 8 nitrogen and oxygen atoms in total. The monoisotopic (exact) mass is 545 g/mol. The maximum atomic E-state index is 13.7. The van der Waals surface area contributed by atoms with Gasteiger partial charge in [0, 0.05) is 62.9 Å². The van der Waals surface area contributed by atoms with E-state index < -0.39 is 11.7 Å². The zero-order valence-electron chi connectivity index (χ0n) is 22.9. The van der Waals surface area contributed by atoms with Crippen LogP contribution in [-0.2, 0) is 17.4 Å². The summed E-state index contributed by atoms with van der Waals surface area (Å²) in [5.41, 5.74) is 1.76. The van der Waals surface area contributed by atoms with Crippen molar-refractivity contribution in [1.82, 2.24) is 19.8 Å². The molecule has 1 aromatic carbocycles. The van der Waals surface area contributed by atoms with Gasteiger partial charge in [0.25, 0.3) is 0 Å². The standard InChI is InChI=1S/C28H38F3N7O/c1-4-19-15-20(37-14-13-36-11-5-7-21(36)17-37)8-9-23(19)34-26-33-16-22(28(29,30)31)24(35-26)32-10-6-12-38-18-27(2,3)25(38)39/h8-9,15-16,21H,4-7,10-14,17-18H2,1-3H3,(H2,32,33,34,35). The van der Waals surface area contributed by atoms with Gasteiger partial charge in [0.1, 0.15) is 11.4 Å². The van der Waals surface area contributed by atoms with E-state index in [4.69, 9.17) is 0 Å². The number of nitrogens with one attached hydrogen (secondary N) is 2. The number of alkyl halides is 3. The van der Waals surface area contributed by atoms with E-state index in [1.165, 1.54) is 25.1 Å². The van der Waals surface area contributed by atoms with Crippen molar-refractivity contribution in [3.63, 3.8) is 0 Å².